The Morgan fingerprint density at radius 2 is 1.50 bits per heavy atom. The van der Waals surface area contributed by atoms with E-state index in [0.29, 0.717) is 27.1 Å². The van der Waals surface area contributed by atoms with E-state index < -0.39 is 10.0 Å². The molecule has 1 amide bonds. The van der Waals surface area contributed by atoms with E-state index in [9.17, 15) is 13.2 Å². The second-order valence-corrected chi connectivity index (χ2v) is 10.5. The Morgan fingerprint density at radius 1 is 0.861 bits per heavy atom. The maximum absolute atomic E-state index is 13.4. The number of nitrogens with one attached hydrogen (secondary N) is 1. The zero-order valence-electron chi connectivity index (χ0n) is 18.8. The van der Waals surface area contributed by atoms with E-state index in [-0.39, 0.29) is 23.9 Å². The van der Waals surface area contributed by atoms with Crippen molar-refractivity contribution < 1.29 is 17.6 Å². The van der Waals surface area contributed by atoms with Crippen molar-refractivity contribution >= 4 is 45.3 Å². The van der Waals surface area contributed by atoms with Crippen LogP contribution in [0.1, 0.15) is 27.4 Å². The average molecular weight is 542 g/mol. The minimum atomic E-state index is -3.88. The molecule has 1 heterocycles. The smallest absolute Gasteiger partial charge is 0.271 e. The van der Waals surface area contributed by atoms with Crippen LogP contribution in [0.3, 0.4) is 0 Å². The normalized spacial score (nSPS) is 11.8. The minimum Gasteiger partial charge on any atom is -0.459 e. The molecule has 0 aliphatic heterocycles. The van der Waals surface area contributed by atoms with Crippen LogP contribution in [0.4, 0.5) is 0 Å². The molecule has 0 aliphatic rings. The molecule has 0 bridgehead atoms. The van der Waals surface area contributed by atoms with Crippen LogP contribution in [0.5, 0.6) is 0 Å². The number of hydrogen-bond acceptors (Lipinski definition) is 5. The number of amides is 1. The highest BCUT2D eigenvalue weighted by Gasteiger charge is 2.26. The quantitative estimate of drug-likeness (QED) is 0.216. The molecule has 0 saturated carbocycles. The summed E-state index contributed by atoms with van der Waals surface area (Å²) < 4.78 is 34.0. The van der Waals surface area contributed by atoms with Crippen LogP contribution in [0.25, 0.3) is 0 Å². The molecule has 0 radical (unpaired) electrons. The maximum Gasteiger partial charge on any atom is 0.271 e. The Labute approximate surface area is 219 Å². The molecule has 0 fully saturated rings. The zero-order chi connectivity index (χ0) is 25.5. The largest absolute Gasteiger partial charge is 0.459 e. The van der Waals surface area contributed by atoms with Crippen molar-refractivity contribution in [2.24, 2.45) is 5.10 Å². The van der Waals surface area contributed by atoms with E-state index in [1.807, 2.05) is 6.07 Å². The minimum absolute atomic E-state index is 0.0300. The van der Waals surface area contributed by atoms with Crippen LogP contribution in [-0.4, -0.2) is 24.8 Å². The number of benzene rings is 3. The van der Waals surface area contributed by atoms with Crippen LogP contribution in [-0.2, 0) is 23.1 Å². The van der Waals surface area contributed by atoms with Gasteiger partial charge in [0.15, 0.2) is 0 Å². The Hall–Kier alpha value is -3.43. The Balaban J connectivity index is 1.51. The first kappa shape index (κ1) is 25.7. The highest BCUT2D eigenvalue weighted by atomic mass is 35.5. The first-order chi connectivity index (χ1) is 17.3. The molecule has 184 valence electrons. The summed E-state index contributed by atoms with van der Waals surface area (Å²) in [6.07, 6.45) is 1.35. The van der Waals surface area contributed by atoms with Gasteiger partial charge in [0.1, 0.15) is 11.5 Å². The molecule has 0 spiro atoms. The summed E-state index contributed by atoms with van der Waals surface area (Å²) in [5.41, 5.74) is 3.66. The molecule has 36 heavy (non-hydrogen) atoms. The molecular formula is C26H21Cl2N3O4S. The zero-order valence-corrected chi connectivity index (χ0v) is 21.2. The summed E-state index contributed by atoms with van der Waals surface area (Å²) in [4.78, 5) is 12.2. The molecule has 7 nitrogen and oxygen atoms in total. The van der Waals surface area contributed by atoms with Gasteiger partial charge in [-0.3, -0.25) is 4.79 Å². The van der Waals surface area contributed by atoms with Crippen molar-refractivity contribution in [3.8, 4) is 0 Å². The summed E-state index contributed by atoms with van der Waals surface area (Å²) in [7, 11) is -3.88. The van der Waals surface area contributed by atoms with Crippen molar-refractivity contribution in [3.63, 3.8) is 0 Å². The lowest BCUT2D eigenvalue weighted by Gasteiger charge is -2.21. The third-order valence-corrected chi connectivity index (χ3v) is 7.44. The Kier molecular flexibility index (Phi) is 8.22. The number of rotatable bonds is 9. The number of carbonyl (C=O) groups excluding carboxylic acids is 1. The van der Waals surface area contributed by atoms with Gasteiger partial charge in [0.05, 0.1) is 17.7 Å². The van der Waals surface area contributed by atoms with Crippen molar-refractivity contribution in [2.45, 2.75) is 18.0 Å². The molecule has 3 aromatic carbocycles. The van der Waals surface area contributed by atoms with Gasteiger partial charge in [-0.15, -0.1) is 0 Å². The average Bonchev–Trinajstić information content (AvgIpc) is 3.33. The standard InChI is InChI=1S/C26H21Cl2N3O4S/c27-21-8-6-19(7-9-21)17-31(36(33,34)25-14-10-22(28)11-15-25)18-24-13-12-23(35-24)16-29-30-26(32)20-4-2-1-3-5-20/h1-16H,17-18H2,(H,30,32)/b29-16-. The van der Waals surface area contributed by atoms with Crippen molar-refractivity contribution in [3.05, 3.63) is 124 Å². The number of hydrogen-bond donors (Lipinski definition) is 1. The summed E-state index contributed by atoms with van der Waals surface area (Å²) in [5.74, 6) is 0.396. The molecule has 0 atom stereocenters. The van der Waals surface area contributed by atoms with Crippen LogP contribution in [0.2, 0.25) is 10.0 Å². The van der Waals surface area contributed by atoms with E-state index in [0.717, 1.165) is 5.56 Å². The maximum atomic E-state index is 13.4. The third kappa shape index (κ3) is 6.61. The Morgan fingerprint density at radius 3 is 2.17 bits per heavy atom. The second kappa shape index (κ2) is 11.5. The van der Waals surface area contributed by atoms with Crippen LogP contribution in [0.15, 0.2) is 105 Å². The highest BCUT2D eigenvalue weighted by molar-refractivity contribution is 7.89. The molecular weight excluding hydrogens is 521 g/mol. The van der Waals surface area contributed by atoms with Gasteiger partial charge < -0.3 is 4.42 Å². The molecule has 4 aromatic rings. The fourth-order valence-electron chi connectivity index (χ4n) is 3.31. The van der Waals surface area contributed by atoms with Gasteiger partial charge in [-0.25, -0.2) is 13.8 Å². The van der Waals surface area contributed by atoms with Crippen LogP contribution in [0, 0.1) is 0 Å². The molecule has 4 rings (SSSR count). The lowest BCUT2D eigenvalue weighted by molar-refractivity contribution is 0.0955. The van der Waals surface area contributed by atoms with E-state index in [1.165, 1.54) is 34.8 Å². The number of hydrazone groups is 1. The predicted molar refractivity (Wildman–Crippen MR) is 140 cm³/mol. The number of carbonyl (C=O) groups is 1. The van der Waals surface area contributed by atoms with Gasteiger partial charge in [0.25, 0.3) is 5.91 Å². The number of furan rings is 1. The summed E-state index contributed by atoms with van der Waals surface area (Å²) in [6.45, 7) is 0.0667. The molecule has 0 aliphatic carbocycles. The van der Waals surface area contributed by atoms with Crippen LogP contribution >= 0.6 is 23.2 Å². The number of nitrogens with zero attached hydrogens (tertiary/aromatic N) is 2. The highest BCUT2D eigenvalue weighted by Crippen LogP contribution is 2.24. The lowest BCUT2D eigenvalue weighted by atomic mass is 10.2. The predicted octanol–water partition coefficient (Wildman–Crippen LogP) is 5.74. The van der Waals surface area contributed by atoms with Crippen molar-refractivity contribution in [1.82, 2.24) is 9.73 Å². The number of halogens is 2. The summed E-state index contributed by atoms with van der Waals surface area (Å²) in [6, 6.07) is 24.9. The number of sulfonamides is 1. The van der Waals surface area contributed by atoms with Gasteiger partial charge in [0.2, 0.25) is 10.0 Å². The molecule has 0 unspecified atom stereocenters. The van der Waals surface area contributed by atoms with Gasteiger partial charge in [-0.05, 0) is 66.2 Å². The van der Waals surface area contributed by atoms with Gasteiger partial charge >= 0.3 is 0 Å². The van der Waals surface area contributed by atoms with Crippen molar-refractivity contribution in [2.75, 3.05) is 0 Å². The van der Waals surface area contributed by atoms with Gasteiger partial charge in [-0.1, -0.05) is 53.5 Å². The van der Waals surface area contributed by atoms with E-state index in [4.69, 9.17) is 27.6 Å². The van der Waals surface area contributed by atoms with E-state index in [2.05, 4.69) is 10.5 Å². The summed E-state index contributed by atoms with van der Waals surface area (Å²) in [5, 5.41) is 4.91. The fraction of sp³-hybridized carbons (Fsp3) is 0.0769. The van der Waals surface area contributed by atoms with E-state index >= 15 is 0 Å². The van der Waals surface area contributed by atoms with Crippen molar-refractivity contribution in [1.29, 1.82) is 0 Å². The Bertz CT molecular complexity index is 1450. The topological polar surface area (TPSA) is 92.0 Å². The first-order valence-corrected chi connectivity index (χ1v) is 13.0. The first-order valence-electron chi connectivity index (χ1n) is 10.8. The molecule has 0 saturated heterocycles. The third-order valence-electron chi connectivity index (χ3n) is 5.13. The fourth-order valence-corrected chi connectivity index (χ4v) is 4.95. The van der Waals surface area contributed by atoms with Gasteiger partial charge in [-0.2, -0.15) is 9.41 Å². The van der Waals surface area contributed by atoms with Crippen LogP contribution < -0.4 is 5.43 Å². The monoisotopic (exact) mass is 541 g/mol. The second-order valence-electron chi connectivity index (χ2n) is 7.72. The van der Waals surface area contributed by atoms with Gasteiger partial charge in [0, 0.05) is 22.2 Å². The molecule has 1 N–H and O–H groups in total. The molecule has 10 heteroatoms. The molecule has 1 aromatic heterocycles. The lowest BCUT2D eigenvalue weighted by Crippen LogP contribution is -2.30. The summed E-state index contributed by atoms with van der Waals surface area (Å²) >= 11 is 11.9. The van der Waals surface area contributed by atoms with E-state index in [1.54, 1.807) is 60.7 Å². The SMILES string of the molecule is O=C(N/N=C\c1ccc(CN(Cc2ccc(Cl)cc2)S(=O)(=O)c2ccc(Cl)cc2)o1)c1ccccc1.